The summed E-state index contributed by atoms with van der Waals surface area (Å²) >= 11 is 0. The Morgan fingerprint density at radius 1 is 1.24 bits per heavy atom. The standard InChI is InChI=1S/C22H21NO6/c1-8(24)11-4-5-12-10-3-6-13(25)18-17(10)20(23(11)12)19-16(21(18)27)9(2)28-14-7-15(26)29-22(14)19/h3,6,8-9,11,14,22,24-25H,4-5,7H2,1-2H3/t8-,9+,11+,14+,22-/m1/s1. The summed E-state index contributed by atoms with van der Waals surface area (Å²) in [4.78, 5) is 25.5. The summed E-state index contributed by atoms with van der Waals surface area (Å²) in [6.07, 6.45) is -0.457. The molecule has 1 aromatic heterocycles. The van der Waals surface area contributed by atoms with E-state index in [9.17, 15) is 19.8 Å². The van der Waals surface area contributed by atoms with E-state index in [0.29, 0.717) is 16.5 Å². The number of aromatic nitrogens is 1. The van der Waals surface area contributed by atoms with Gasteiger partial charge in [0, 0.05) is 27.6 Å². The molecular weight excluding hydrogens is 374 g/mol. The molecule has 150 valence electrons. The van der Waals surface area contributed by atoms with Crippen molar-refractivity contribution >= 4 is 28.1 Å². The Hall–Kier alpha value is -2.64. The van der Waals surface area contributed by atoms with Gasteiger partial charge in [0.2, 0.25) is 0 Å². The molecule has 5 atom stereocenters. The van der Waals surface area contributed by atoms with Gasteiger partial charge >= 0.3 is 5.97 Å². The van der Waals surface area contributed by atoms with Crippen LogP contribution in [-0.4, -0.2) is 50.9 Å². The second-order valence-corrected chi connectivity index (χ2v) is 8.48. The minimum atomic E-state index is -0.648. The molecule has 1 aliphatic carbocycles. The number of carbonyl (C=O) groups is 2. The third kappa shape index (κ3) is 1.99. The van der Waals surface area contributed by atoms with E-state index in [-0.39, 0.29) is 35.5 Å². The van der Waals surface area contributed by atoms with E-state index in [1.165, 1.54) is 0 Å². The number of aliphatic hydroxyl groups is 1. The zero-order valence-corrected chi connectivity index (χ0v) is 16.1. The second-order valence-electron chi connectivity index (χ2n) is 8.48. The number of hydrogen-bond acceptors (Lipinski definition) is 6. The van der Waals surface area contributed by atoms with Gasteiger partial charge in [-0.2, -0.15) is 0 Å². The number of phenols is 1. The van der Waals surface area contributed by atoms with E-state index in [1.807, 2.05) is 6.07 Å². The third-order valence-electron chi connectivity index (χ3n) is 6.88. The highest BCUT2D eigenvalue weighted by Crippen LogP contribution is 2.52. The van der Waals surface area contributed by atoms with Gasteiger partial charge < -0.3 is 24.3 Å². The van der Waals surface area contributed by atoms with Crippen molar-refractivity contribution in [1.82, 2.24) is 4.57 Å². The number of esters is 1. The lowest BCUT2D eigenvalue weighted by molar-refractivity contribution is -0.140. The van der Waals surface area contributed by atoms with E-state index in [4.69, 9.17) is 9.47 Å². The summed E-state index contributed by atoms with van der Waals surface area (Å²) in [7, 11) is 0. The van der Waals surface area contributed by atoms with Crippen molar-refractivity contribution in [3.05, 3.63) is 34.7 Å². The molecule has 0 spiro atoms. The van der Waals surface area contributed by atoms with Crippen LogP contribution >= 0.6 is 0 Å². The Bertz CT molecular complexity index is 1160. The lowest BCUT2D eigenvalue weighted by atomic mass is 9.79. The van der Waals surface area contributed by atoms with Crippen LogP contribution < -0.4 is 0 Å². The molecule has 29 heavy (non-hydrogen) atoms. The van der Waals surface area contributed by atoms with Gasteiger partial charge in [-0.1, -0.05) is 0 Å². The molecular formula is C22H21NO6. The van der Waals surface area contributed by atoms with Crippen LogP contribution in [0.3, 0.4) is 0 Å². The first-order valence-electron chi connectivity index (χ1n) is 10.1. The number of hydrogen-bond donors (Lipinski definition) is 2. The number of benzene rings is 1. The first-order chi connectivity index (χ1) is 13.9. The quantitative estimate of drug-likeness (QED) is 0.719. The fourth-order valence-corrected chi connectivity index (χ4v) is 5.76. The average molecular weight is 395 g/mol. The second kappa shape index (κ2) is 5.49. The molecule has 7 nitrogen and oxygen atoms in total. The summed E-state index contributed by atoms with van der Waals surface area (Å²) in [5.41, 5.74) is 3.24. The van der Waals surface area contributed by atoms with Crippen LogP contribution in [0.4, 0.5) is 0 Å². The van der Waals surface area contributed by atoms with Crippen LogP contribution in [-0.2, 0) is 20.7 Å². The van der Waals surface area contributed by atoms with Crippen molar-refractivity contribution in [2.45, 2.75) is 63.6 Å². The zero-order chi connectivity index (χ0) is 20.2. The molecule has 0 saturated carbocycles. The Morgan fingerprint density at radius 3 is 2.79 bits per heavy atom. The highest BCUT2D eigenvalue weighted by molar-refractivity contribution is 6.27. The molecule has 3 aliphatic heterocycles. The van der Waals surface area contributed by atoms with Crippen LogP contribution in [0.25, 0.3) is 16.3 Å². The van der Waals surface area contributed by atoms with Crippen molar-refractivity contribution in [2.24, 2.45) is 0 Å². The maximum atomic E-state index is 13.5. The highest BCUT2D eigenvalue weighted by atomic mass is 16.6. The first-order valence-corrected chi connectivity index (χ1v) is 10.1. The minimum absolute atomic E-state index is 0.0640. The van der Waals surface area contributed by atoms with Gasteiger partial charge in [0.15, 0.2) is 11.9 Å². The molecule has 4 aliphatic rings. The summed E-state index contributed by atoms with van der Waals surface area (Å²) < 4.78 is 13.7. The van der Waals surface area contributed by atoms with E-state index in [2.05, 4.69) is 4.57 Å². The number of Topliss-reactive ketones (excluding diaryl/α,β-unsaturated/α-hetero) is 1. The lowest BCUT2D eigenvalue weighted by Gasteiger charge is -2.36. The molecule has 6 rings (SSSR count). The number of nitrogens with zero attached hydrogens (tertiary/aromatic N) is 1. The molecule has 0 amide bonds. The maximum absolute atomic E-state index is 13.5. The molecule has 2 aromatic rings. The molecule has 7 heteroatoms. The molecule has 1 fully saturated rings. The van der Waals surface area contributed by atoms with E-state index in [1.54, 1.807) is 19.9 Å². The number of aromatic hydroxyl groups is 1. The van der Waals surface area contributed by atoms with E-state index < -0.39 is 24.4 Å². The first kappa shape index (κ1) is 17.2. The third-order valence-corrected chi connectivity index (χ3v) is 6.88. The van der Waals surface area contributed by atoms with Crippen LogP contribution in [0.1, 0.15) is 54.5 Å². The highest BCUT2D eigenvalue weighted by Gasteiger charge is 2.51. The number of ketones is 1. The van der Waals surface area contributed by atoms with Gasteiger partial charge in [-0.25, -0.2) is 0 Å². The summed E-state index contributed by atoms with van der Waals surface area (Å²) in [6, 6.07) is 3.26. The Balaban J connectivity index is 1.75. The minimum Gasteiger partial charge on any atom is -0.507 e. The number of fused-ring (bicyclic) bond motifs is 6. The SMILES string of the molecule is C[C@@H]1O[C@H]2CC(=O)O[C@H]2C2=C1C(=O)c1c(O)ccc3c4n(c2c13)[C@H]([C@@H](C)O)CC4. The molecule has 2 N–H and O–H groups in total. The molecule has 1 aromatic carbocycles. The summed E-state index contributed by atoms with van der Waals surface area (Å²) in [6.45, 7) is 3.57. The Labute approximate surface area is 166 Å². The normalized spacial score (nSPS) is 31.0. The predicted molar refractivity (Wildman–Crippen MR) is 103 cm³/mol. The number of aliphatic hydroxyl groups excluding tert-OH is 1. The monoisotopic (exact) mass is 395 g/mol. The number of phenolic OH excluding ortho intramolecular Hbond substituents is 1. The van der Waals surface area contributed by atoms with Gasteiger partial charge in [-0.3, -0.25) is 9.59 Å². The largest absolute Gasteiger partial charge is 0.507 e. The smallest absolute Gasteiger partial charge is 0.309 e. The van der Waals surface area contributed by atoms with Crippen molar-refractivity contribution < 1.29 is 29.3 Å². The molecule has 1 saturated heterocycles. The van der Waals surface area contributed by atoms with Gasteiger partial charge in [0.25, 0.3) is 0 Å². The fourth-order valence-electron chi connectivity index (χ4n) is 5.76. The fraction of sp³-hybridized carbons (Fsp3) is 0.455. The van der Waals surface area contributed by atoms with Gasteiger partial charge in [0.05, 0.1) is 35.9 Å². The number of carbonyl (C=O) groups excluding carboxylic acids is 2. The van der Waals surface area contributed by atoms with E-state index >= 15 is 0 Å². The van der Waals surface area contributed by atoms with Gasteiger partial charge in [-0.15, -0.1) is 0 Å². The number of ether oxygens (including phenoxy) is 2. The maximum Gasteiger partial charge on any atom is 0.309 e. The zero-order valence-electron chi connectivity index (χ0n) is 16.1. The van der Waals surface area contributed by atoms with Crippen molar-refractivity contribution in [3.8, 4) is 5.75 Å². The topological polar surface area (TPSA) is 98.0 Å². The lowest BCUT2D eigenvalue weighted by Crippen LogP contribution is -2.41. The predicted octanol–water partition coefficient (Wildman–Crippen LogP) is 2.27. The van der Waals surface area contributed by atoms with Crippen LogP contribution in [0, 0.1) is 0 Å². The molecule has 0 radical (unpaired) electrons. The molecule has 0 unspecified atom stereocenters. The molecule has 0 bridgehead atoms. The van der Waals surface area contributed by atoms with Crippen LogP contribution in [0.2, 0.25) is 0 Å². The number of rotatable bonds is 1. The van der Waals surface area contributed by atoms with Crippen LogP contribution in [0.5, 0.6) is 5.75 Å². The van der Waals surface area contributed by atoms with Crippen molar-refractivity contribution in [1.29, 1.82) is 0 Å². The van der Waals surface area contributed by atoms with Crippen LogP contribution in [0.15, 0.2) is 17.7 Å². The van der Waals surface area contributed by atoms with E-state index in [0.717, 1.165) is 29.6 Å². The molecule has 4 heterocycles. The van der Waals surface area contributed by atoms with Crippen molar-refractivity contribution in [2.75, 3.05) is 0 Å². The number of aryl methyl sites for hydroxylation is 1. The summed E-state index contributed by atoms with van der Waals surface area (Å²) in [5, 5.41) is 22.6. The van der Waals surface area contributed by atoms with Gasteiger partial charge in [0.1, 0.15) is 11.9 Å². The van der Waals surface area contributed by atoms with Gasteiger partial charge in [-0.05, 0) is 38.8 Å². The summed E-state index contributed by atoms with van der Waals surface area (Å²) in [5.74, 6) is -0.681. The Kier molecular flexibility index (Phi) is 3.26. The van der Waals surface area contributed by atoms with Crippen molar-refractivity contribution in [3.63, 3.8) is 0 Å². The average Bonchev–Trinajstić information content (AvgIpc) is 3.32. The Morgan fingerprint density at radius 2 is 2.03 bits per heavy atom.